The monoisotopic (exact) mass is 258 g/mol. The third kappa shape index (κ3) is 5.30. The number of amides is 1. The lowest BCUT2D eigenvalue weighted by molar-refractivity contribution is 0.0953. The summed E-state index contributed by atoms with van der Waals surface area (Å²) >= 11 is 0. The first kappa shape index (κ1) is 13.4. The zero-order chi connectivity index (χ0) is 12.9. The molecule has 0 saturated heterocycles. The second kappa shape index (κ2) is 5.62. The molecule has 94 valence electrons. The average Bonchev–Trinajstić information content (AvgIpc) is 2.24. The Morgan fingerprint density at radius 1 is 1.41 bits per heavy atom. The van der Waals surface area contributed by atoms with Gasteiger partial charge in [-0.3, -0.25) is 9.59 Å². The van der Waals surface area contributed by atoms with E-state index in [1.165, 1.54) is 18.3 Å². The summed E-state index contributed by atoms with van der Waals surface area (Å²) in [5.74, 6) is -0.298. The molecule has 0 aromatic carbocycles. The minimum Gasteiger partial charge on any atom is -0.352 e. The van der Waals surface area contributed by atoms with Gasteiger partial charge in [0.25, 0.3) is 5.91 Å². The molecule has 0 radical (unpaired) electrons. The predicted octanol–water partition coefficient (Wildman–Crippen LogP) is -0.461. The van der Waals surface area contributed by atoms with Crippen LogP contribution in [0.5, 0.6) is 0 Å². The number of pyridine rings is 1. The number of carbonyl (C=O) groups excluding carboxylic acids is 1. The van der Waals surface area contributed by atoms with E-state index in [9.17, 15) is 18.0 Å². The fourth-order valence-electron chi connectivity index (χ4n) is 1.19. The smallest absolute Gasteiger partial charge is 0.252 e. The summed E-state index contributed by atoms with van der Waals surface area (Å²) in [6.07, 6.45) is 2.83. The van der Waals surface area contributed by atoms with E-state index in [0.29, 0.717) is 12.0 Å². The molecule has 1 rings (SSSR count). The number of aromatic amines is 1. The van der Waals surface area contributed by atoms with Gasteiger partial charge in [-0.1, -0.05) is 0 Å². The van der Waals surface area contributed by atoms with E-state index in [0.717, 1.165) is 6.26 Å². The number of nitrogens with one attached hydrogen (secondary N) is 2. The van der Waals surface area contributed by atoms with Gasteiger partial charge < -0.3 is 10.3 Å². The van der Waals surface area contributed by atoms with E-state index < -0.39 is 9.84 Å². The predicted molar refractivity (Wildman–Crippen MR) is 63.7 cm³/mol. The molecule has 7 heteroatoms. The van der Waals surface area contributed by atoms with Gasteiger partial charge in [0.15, 0.2) is 0 Å². The fraction of sp³-hybridized carbons (Fsp3) is 0.400. The largest absolute Gasteiger partial charge is 0.352 e. The van der Waals surface area contributed by atoms with Crippen molar-refractivity contribution in [3.63, 3.8) is 0 Å². The van der Waals surface area contributed by atoms with Crippen LogP contribution >= 0.6 is 0 Å². The van der Waals surface area contributed by atoms with Crippen LogP contribution in [-0.4, -0.2) is 37.9 Å². The van der Waals surface area contributed by atoms with Gasteiger partial charge in [-0.25, -0.2) is 8.42 Å². The van der Waals surface area contributed by atoms with Crippen LogP contribution in [0, 0.1) is 0 Å². The Balaban J connectivity index is 2.40. The highest BCUT2D eigenvalue weighted by Gasteiger charge is 2.05. The minimum absolute atomic E-state index is 0.0406. The van der Waals surface area contributed by atoms with Crippen molar-refractivity contribution in [1.82, 2.24) is 10.3 Å². The van der Waals surface area contributed by atoms with Gasteiger partial charge in [-0.2, -0.15) is 0 Å². The zero-order valence-electron chi connectivity index (χ0n) is 9.39. The van der Waals surface area contributed by atoms with Crippen molar-refractivity contribution in [1.29, 1.82) is 0 Å². The molecule has 17 heavy (non-hydrogen) atoms. The van der Waals surface area contributed by atoms with Crippen LogP contribution in [0.15, 0.2) is 23.1 Å². The SMILES string of the molecule is CS(=O)(=O)CCCNC(=O)c1ccc(=O)[nH]c1. The first-order valence-corrected chi connectivity index (χ1v) is 7.09. The third-order valence-corrected chi connectivity index (χ3v) is 3.05. The van der Waals surface area contributed by atoms with E-state index in [-0.39, 0.29) is 23.8 Å². The number of H-pyrrole nitrogens is 1. The van der Waals surface area contributed by atoms with Crippen molar-refractivity contribution < 1.29 is 13.2 Å². The molecule has 0 bridgehead atoms. The third-order valence-electron chi connectivity index (χ3n) is 2.02. The first-order valence-electron chi connectivity index (χ1n) is 5.03. The van der Waals surface area contributed by atoms with Crippen molar-refractivity contribution in [3.8, 4) is 0 Å². The van der Waals surface area contributed by atoms with Crippen LogP contribution in [0.25, 0.3) is 0 Å². The highest BCUT2D eigenvalue weighted by atomic mass is 32.2. The Morgan fingerprint density at radius 3 is 2.65 bits per heavy atom. The van der Waals surface area contributed by atoms with Crippen molar-refractivity contribution in [2.45, 2.75) is 6.42 Å². The number of carbonyl (C=O) groups is 1. The molecule has 1 heterocycles. The van der Waals surface area contributed by atoms with Crippen LogP contribution in [0.1, 0.15) is 16.8 Å². The molecule has 0 aliphatic heterocycles. The molecule has 0 aliphatic rings. The highest BCUT2D eigenvalue weighted by Crippen LogP contribution is 1.93. The molecule has 1 aromatic rings. The number of rotatable bonds is 5. The van der Waals surface area contributed by atoms with Crippen LogP contribution < -0.4 is 10.9 Å². The molecule has 0 saturated carbocycles. The molecule has 0 unspecified atom stereocenters. The lowest BCUT2D eigenvalue weighted by atomic mass is 10.2. The van der Waals surface area contributed by atoms with E-state index >= 15 is 0 Å². The molecular weight excluding hydrogens is 244 g/mol. The van der Waals surface area contributed by atoms with Gasteiger partial charge in [0.05, 0.1) is 11.3 Å². The second-order valence-electron chi connectivity index (χ2n) is 3.68. The second-order valence-corrected chi connectivity index (χ2v) is 5.94. The maximum absolute atomic E-state index is 11.5. The molecule has 1 aromatic heterocycles. The Bertz CT molecular complexity index is 527. The summed E-state index contributed by atoms with van der Waals surface area (Å²) in [5.41, 5.74) is 0.0579. The zero-order valence-corrected chi connectivity index (χ0v) is 10.2. The van der Waals surface area contributed by atoms with E-state index in [1.54, 1.807) is 0 Å². The summed E-state index contributed by atoms with van der Waals surface area (Å²) in [4.78, 5) is 24.6. The van der Waals surface area contributed by atoms with Gasteiger partial charge >= 0.3 is 0 Å². The van der Waals surface area contributed by atoms with Gasteiger partial charge in [-0.05, 0) is 12.5 Å². The highest BCUT2D eigenvalue weighted by molar-refractivity contribution is 7.90. The number of aromatic nitrogens is 1. The van der Waals surface area contributed by atoms with E-state index in [2.05, 4.69) is 10.3 Å². The summed E-state index contributed by atoms with van der Waals surface area (Å²) in [7, 11) is -2.99. The lowest BCUT2D eigenvalue weighted by Crippen LogP contribution is -2.26. The molecule has 0 atom stereocenters. The van der Waals surface area contributed by atoms with E-state index in [1.807, 2.05) is 0 Å². The van der Waals surface area contributed by atoms with Gasteiger partial charge in [-0.15, -0.1) is 0 Å². The molecule has 6 nitrogen and oxygen atoms in total. The number of sulfone groups is 1. The van der Waals surface area contributed by atoms with Crippen LogP contribution in [0.4, 0.5) is 0 Å². The summed E-state index contributed by atoms with van der Waals surface area (Å²) in [6.45, 7) is 0.283. The molecule has 0 aliphatic carbocycles. The average molecular weight is 258 g/mol. The Labute approximate surface area is 99.0 Å². The minimum atomic E-state index is -2.99. The maximum Gasteiger partial charge on any atom is 0.252 e. The molecule has 0 fully saturated rings. The summed E-state index contributed by atoms with van der Waals surface area (Å²) in [6, 6.07) is 2.66. The molecule has 0 spiro atoms. The van der Waals surface area contributed by atoms with Crippen molar-refractivity contribution in [2.75, 3.05) is 18.6 Å². The number of hydrogen-bond donors (Lipinski definition) is 2. The molecule has 1 amide bonds. The summed E-state index contributed by atoms with van der Waals surface area (Å²) < 4.78 is 21.7. The molecule has 2 N–H and O–H groups in total. The van der Waals surface area contributed by atoms with Crippen LogP contribution in [-0.2, 0) is 9.84 Å². The van der Waals surface area contributed by atoms with Crippen molar-refractivity contribution in [3.05, 3.63) is 34.2 Å². The topological polar surface area (TPSA) is 96.1 Å². The fourth-order valence-corrected chi connectivity index (χ4v) is 1.86. The maximum atomic E-state index is 11.5. The van der Waals surface area contributed by atoms with Gasteiger partial charge in [0, 0.05) is 25.1 Å². The van der Waals surface area contributed by atoms with Crippen LogP contribution in [0.3, 0.4) is 0 Å². The number of hydrogen-bond acceptors (Lipinski definition) is 4. The van der Waals surface area contributed by atoms with Gasteiger partial charge in [0.2, 0.25) is 5.56 Å². The van der Waals surface area contributed by atoms with Gasteiger partial charge in [0.1, 0.15) is 9.84 Å². The standard InChI is InChI=1S/C10H14N2O4S/c1-17(15,16)6-2-5-11-10(14)8-3-4-9(13)12-7-8/h3-4,7H,2,5-6H2,1H3,(H,11,14)(H,12,13). The normalized spacial score (nSPS) is 11.1. The molecular formula is C10H14N2O4S. The quantitative estimate of drug-likeness (QED) is 0.698. The first-order chi connectivity index (χ1) is 7.88. The Hall–Kier alpha value is -1.63. The van der Waals surface area contributed by atoms with E-state index in [4.69, 9.17) is 0 Å². The Kier molecular flexibility index (Phi) is 4.45. The Morgan fingerprint density at radius 2 is 2.12 bits per heavy atom. The lowest BCUT2D eigenvalue weighted by Gasteiger charge is -2.04. The summed E-state index contributed by atoms with van der Waals surface area (Å²) in [5, 5.41) is 2.57. The van der Waals surface area contributed by atoms with Crippen molar-refractivity contribution in [2.24, 2.45) is 0 Å². The van der Waals surface area contributed by atoms with Crippen LogP contribution in [0.2, 0.25) is 0 Å². The van der Waals surface area contributed by atoms with Crippen molar-refractivity contribution >= 4 is 15.7 Å².